The van der Waals surface area contributed by atoms with Crippen molar-refractivity contribution in [2.24, 2.45) is 23.2 Å². The summed E-state index contributed by atoms with van der Waals surface area (Å²) in [6.45, 7) is 0. The van der Waals surface area contributed by atoms with Crippen molar-refractivity contribution in [3.63, 3.8) is 0 Å². The van der Waals surface area contributed by atoms with Gasteiger partial charge in [0.05, 0.1) is 16.0 Å². The van der Waals surface area contributed by atoms with Gasteiger partial charge in [-0.3, -0.25) is 9.36 Å². The molecule has 5 nitrogen and oxygen atoms in total. The second kappa shape index (κ2) is 11.0. The highest BCUT2D eigenvalue weighted by molar-refractivity contribution is 8.00. The van der Waals surface area contributed by atoms with Gasteiger partial charge in [0.1, 0.15) is 5.78 Å². The fraction of sp³-hybridized carbons (Fsp3) is 0.353. The molecular weight excluding hydrogens is 577 g/mol. The van der Waals surface area contributed by atoms with Crippen molar-refractivity contribution >= 4 is 50.9 Å². The standard InChI is InChI=1S/C34H32N4OS3/c39-30(34-17-23-14-24(18-34)16-25(15-23)19-34)21-40-32-37-36-31(38(32)27-6-2-1-3-7-27)26-12-10-22(11-13-26)20-41-33-35-28-8-4-5-9-29(28)42-33/h1-13,23-25H,14-21H2. The maximum atomic E-state index is 13.8. The molecule has 42 heavy (non-hydrogen) atoms. The van der Waals surface area contributed by atoms with Crippen molar-refractivity contribution < 1.29 is 4.79 Å². The van der Waals surface area contributed by atoms with Gasteiger partial charge in [-0.25, -0.2) is 4.98 Å². The van der Waals surface area contributed by atoms with Crippen LogP contribution in [0.3, 0.4) is 0 Å². The van der Waals surface area contributed by atoms with Crippen LogP contribution in [0.2, 0.25) is 0 Å². The highest BCUT2D eigenvalue weighted by Gasteiger charge is 2.54. The van der Waals surface area contributed by atoms with Crippen LogP contribution >= 0.6 is 34.9 Å². The third kappa shape index (κ3) is 5.01. The zero-order valence-corrected chi connectivity index (χ0v) is 25.8. The Morgan fingerprint density at radius 3 is 2.24 bits per heavy atom. The van der Waals surface area contributed by atoms with Crippen LogP contribution in [0, 0.1) is 23.2 Å². The number of thiazole rings is 1. The highest BCUT2D eigenvalue weighted by atomic mass is 32.2. The van der Waals surface area contributed by atoms with E-state index >= 15 is 0 Å². The number of benzene rings is 3. The van der Waals surface area contributed by atoms with Crippen molar-refractivity contribution in [3.8, 4) is 17.1 Å². The lowest BCUT2D eigenvalue weighted by Crippen LogP contribution is -2.50. The lowest BCUT2D eigenvalue weighted by atomic mass is 9.48. The average Bonchev–Trinajstić information content (AvgIpc) is 3.63. The first kappa shape index (κ1) is 26.7. The summed E-state index contributed by atoms with van der Waals surface area (Å²) in [5.41, 5.74) is 4.25. The van der Waals surface area contributed by atoms with Gasteiger partial charge < -0.3 is 0 Å². The van der Waals surface area contributed by atoms with Crippen molar-refractivity contribution in [1.82, 2.24) is 19.7 Å². The molecule has 9 rings (SSSR count). The highest BCUT2D eigenvalue weighted by Crippen LogP contribution is 2.60. The molecule has 3 aromatic carbocycles. The monoisotopic (exact) mass is 608 g/mol. The van der Waals surface area contributed by atoms with E-state index in [4.69, 9.17) is 4.98 Å². The molecule has 0 spiro atoms. The van der Waals surface area contributed by atoms with Gasteiger partial charge in [-0.2, -0.15) is 0 Å². The Labute approximate surface area is 258 Å². The Bertz CT molecular complexity index is 1680. The largest absolute Gasteiger partial charge is 0.298 e. The lowest BCUT2D eigenvalue weighted by molar-refractivity contribution is -0.141. The fourth-order valence-electron chi connectivity index (χ4n) is 7.90. The Balaban J connectivity index is 1.01. The molecule has 5 aromatic rings. The van der Waals surface area contributed by atoms with Gasteiger partial charge in [-0.1, -0.05) is 78.1 Å². The summed E-state index contributed by atoms with van der Waals surface area (Å²) < 4.78 is 4.43. The Kier molecular flexibility index (Phi) is 6.96. The van der Waals surface area contributed by atoms with Crippen molar-refractivity contribution in [1.29, 1.82) is 0 Å². The first-order valence-electron chi connectivity index (χ1n) is 14.9. The molecule has 0 N–H and O–H groups in total. The van der Waals surface area contributed by atoms with Gasteiger partial charge in [0.25, 0.3) is 0 Å². The van der Waals surface area contributed by atoms with Crippen molar-refractivity contribution in [2.45, 2.75) is 53.8 Å². The number of thioether (sulfide) groups is 2. The number of hydrogen-bond donors (Lipinski definition) is 0. The van der Waals surface area contributed by atoms with Crippen LogP contribution in [0.25, 0.3) is 27.3 Å². The summed E-state index contributed by atoms with van der Waals surface area (Å²) in [5.74, 6) is 4.88. The second-order valence-corrected chi connectivity index (χ2v) is 15.5. The number of aromatic nitrogens is 4. The number of carbonyl (C=O) groups is 1. The van der Waals surface area contributed by atoms with Crippen LogP contribution in [0.4, 0.5) is 0 Å². The third-order valence-corrected chi connectivity index (χ3v) is 12.6. The summed E-state index contributed by atoms with van der Waals surface area (Å²) in [6.07, 6.45) is 7.39. The average molecular weight is 609 g/mol. The molecule has 2 aromatic heterocycles. The fourth-order valence-corrected chi connectivity index (χ4v) is 10.9. The molecule has 0 unspecified atom stereocenters. The molecule has 2 heterocycles. The number of ketones is 1. The van der Waals surface area contributed by atoms with Gasteiger partial charge in [-0.15, -0.1) is 21.5 Å². The summed E-state index contributed by atoms with van der Waals surface area (Å²) in [5, 5.41) is 10.0. The van der Waals surface area contributed by atoms with Crippen LogP contribution in [0.1, 0.15) is 44.1 Å². The van der Waals surface area contributed by atoms with Crippen LogP contribution in [-0.4, -0.2) is 31.3 Å². The van der Waals surface area contributed by atoms with Crippen molar-refractivity contribution in [3.05, 3.63) is 84.4 Å². The first-order chi connectivity index (χ1) is 20.6. The number of para-hydroxylation sites is 2. The van der Waals surface area contributed by atoms with Crippen LogP contribution in [-0.2, 0) is 10.5 Å². The van der Waals surface area contributed by atoms with Gasteiger partial charge >= 0.3 is 0 Å². The molecule has 4 aliphatic rings. The van der Waals surface area contributed by atoms with Crippen molar-refractivity contribution in [2.75, 3.05) is 5.75 Å². The van der Waals surface area contributed by atoms with E-state index in [0.29, 0.717) is 11.5 Å². The molecule has 0 atom stereocenters. The summed E-state index contributed by atoms with van der Waals surface area (Å²) in [7, 11) is 0. The summed E-state index contributed by atoms with van der Waals surface area (Å²) in [4.78, 5) is 18.5. The van der Waals surface area contributed by atoms with Gasteiger partial charge in [0.2, 0.25) is 0 Å². The van der Waals surface area contributed by atoms with E-state index in [9.17, 15) is 4.79 Å². The van der Waals surface area contributed by atoms with Crippen LogP contribution in [0.15, 0.2) is 88.4 Å². The SMILES string of the molecule is O=C(CSc1nnc(-c2ccc(CSc3nc4ccccc4s3)cc2)n1-c1ccccc1)C12CC3CC(CC(C3)C1)C2. The van der Waals surface area contributed by atoms with E-state index < -0.39 is 0 Å². The molecule has 4 fully saturated rings. The number of hydrogen-bond acceptors (Lipinski definition) is 7. The molecule has 0 saturated heterocycles. The van der Waals surface area contributed by atoms with E-state index in [1.54, 1.807) is 34.9 Å². The molecule has 0 amide bonds. The molecule has 8 heteroatoms. The predicted molar refractivity (Wildman–Crippen MR) is 172 cm³/mol. The normalized spacial score (nSPS) is 24.4. The summed E-state index contributed by atoms with van der Waals surface area (Å²) >= 11 is 5.07. The van der Waals surface area contributed by atoms with E-state index in [0.717, 1.165) is 74.9 Å². The van der Waals surface area contributed by atoms with Gasteiger partial charge in [0.15, 0.2) is 15.3 Å². The van der Waals surface area contributed by atoms with E-state index in [1.807, 2.05) is 24.3 Å². The van der Waals surface area contributed by atoms with E-state index in [2.05, 4.69) is 69.4 Å². The molecule has 0 aliphatic heterocycles. The topological polar surface area (TPSA) is 60.7 Å². The second-order valence-electron chi connectivity index (χ2n) is 12.3. The zero-order chi connectivity index (χ0) is 28.1. The van der Waals surface area contributed by atoms with Crippen LogP contribution < -0.4 is 0 Å². The third-order valence-electron chi connectivity index (χ3n) is 9.46. The minimum Gasteiger partial charge on any atom is -0.298 e. The molecule has 0 radical (unpaired) electrons. The molecule has 4 saturated carbocycles. The quantitative estimate of drug-likeness (QED) is 0.156. The first-order valence-corrected chi connectivity index (χ1v) is 17.7. The molecular formula is C34H32N4OS3. The molecule has 4 bridgehead atoms. The number of nitrogens with zero attached hydrogens (tertiary/aromatic N) is 4. The van der Waals surface area contributed by atoms with Gasteiger partial charge in [-0.05, 0) is 86.1 Å². The summed E-state index contributed by atoms with van der Waals surface area (Å²) in [6, 6.07) is 27.2. The molecule has 212 valence electrons. The minimum atomic E-state index is -0.0820. The maximum Gasteiger partial charge on any atom is 0.196 e. The lowest BCUT2D eigenvalue weighted by Gasteiger charge is -2.56. The minimum absolute atomic E-state index is 0.0820. The number of rotatable bonds is 9. The Hall–Kier alpha value is -2.94. The Morgan fingerprint density at radius 2 is 1.52 bits per heavy atom. The number of Topliss-reactive ketones (excluding diaryl/α,β-unsaturated/α-hetero) is 1. The van der Waals surface area contributed by atoms with E-state index in [-0.39, 0.29) is 5.41 Å². The predicted octanol–water partition coefficient (Wildman–Crippen LogP) is 8.71. The zero-order valence-electron chi connectivity index (χ0n) is 23.3. The maximum absolute atomic E-state index is 13.8. The van der Waals surface area contributed by atoms with E-state index in [1.165, 1.54) is 29.5 Å². The van der Waals surface area contributed by atoms with Gasteiger partial charge in [0, 0.05) is 22.4 Å². The van der Waals surface area contributed by atoms with Crippen LogP contribution in [0.5, 0.6) is 0 Å². The smallest absolute Gasteiger partial charge is 0.196 e. The number of carbonyl (C=O) groups excluding carboxylic acids is 1. The molecule has 4 aliphatic carbocycles. The Morgan fingerprint density at radius 1 is 0.833 bits per heavy atom. The number of fused-ring (bicyclic) bond motifs is 1.